The second-order valence-corrected chi connectivity index (χ2v) is 3.65. The van der Waals surface area contributed by atoms with E-state index in [0.29, 0.717) is 5.82 Å². The minimum atomic E-state index is -0.127. The van der Waals surface area contributed by atoms with Gasteiger partial charge in [-0.25, -0.2) is 0 Å². The van der Waals surface area contributed by atoms with Crippen molar-refractivity contribution < 1.29 is 4.79 Å². The number of hydrogen-bond donors (Lipinski definition) is 1. The molecule has 0 unspecified atom stereocenters. The summed E-state index contributed by atoms with van der Waals surface area (Å²) in [5, 5.41) is 10.6. The van der Waals surface area contributed by atoms with Crippen LogP contribution in [0, 0.1) is 0 Å². The second-order valence-electron chi connectivity index (χ2n) is 3.65. The number of hydrogen-bond acceptors (Lipinski definition) is 4. The van der Waals surface area contributed by atoms with E-state index in [0.717, 1.165) is 18.9 Å². The fourth-order valence-corrected chi connectivity index (χ4v) is 1.69. The van der Waals surface area contributed by atoms with Crippen molar-refractivity contribution in [3.05, 3.63) is 12.1 Å². The average molecular weight is 206 g/mol. The molecular formula is C10H14N4O. The first-order chi connectivity index (χ1) is 7.25. The molecule has 0 aliphatic carbocycles. The number of aromatic nitrogens is 2. The van der Waals surface area contributed by atoms with Gasteiger partial charge in [-0.3, -0.25) is 4.79 Å². The highest BCUT2D eigenvalue weighted by Crippen LogP contribution is 2.17. The molecule has 15 heavy (non-hydrogen) atoms. The molecule has 0 atom stereocenters. The standard InChI is InChI=1S/C10H14N4O/c1-8(15)11-9-4-5-10(13-12-9)14-6-2-3-7-14/h4-5H,2-3,6-7H2,1H3,(H,11,12,15). The molecule has 1 aromatic heterocycles. The van der Waals surface area contributed by atoms with Crippen LogP contribution >= 0.6 is 0 Å². The molecular weight excluding hydrogens is 192 g/mol. The summed E-state index contributed by atoms with van der Waals surface area (Å²) in [4.78, 5) is 13.0. The third-order valence-corrected chi connectivity index (χ3v) is 2.38. The van der Waals surface area contributed by atoms with E-state index in [-0.39, 0.29) is 5.91 Å². The van der Waals surface area contributed by atoms with Crippen molar-refractivity contribution in [1.29, 1.82) is 0 Å². The van der Waals surface area contributed by atoms with Gasteiger partial charge in [-0.1, -0.05) is 0 Å². The summed E-state index contributed by atoms with van der Waals surface area (Å²) in [7, 11) is 0. The van der Waals surface area contributed by atoms with Gasteiger partial charge in [0.15, 0.2) is 11.6 Å². The molecule has 1 N–H and O–H groups in total. The van der Waals surface area contributed by atoms with Crippen molar-refractivity contribution in [2.24, 2.45) is 0 Å². The summed E-state index contributed by atoms with van der Waals surface area (Å²) in [5.41, 5.74) is 0. The summed E-state index contributed by atoms with van der Waals surface area (Å²) in [6, 6.07) is 3.67. The Kier molecular flexibility index (Phi) is 2.80. The summed E-state index contributed by atoms with van der Waals surface area (Å²) in [5.74, 6) is 1.27. The normalized spacial score (nSPS) is 15.4. The highest BCUT2D eigenvalue weighted by molar-refractivity contribution is 5.87. The first-order valence-corrected chi connectivity index (χ1v) is 5.12. The van der Waals surface area contributed by atoms with Crippen molar-refractivity contribution in [2.45, 2.75) is 19.8 Å². The maximum atomic E-state index is 10.8. The Bertz CT molecular complexity index is 343. The van der Waals surface area contributed by atoms with Crippen LogP contribution in [0.15, 0.2) is 12.1 Å². The molecule has 2 rings (SSSR count). The smallest absolute Gasteiger partial charge is 0.222 e. The molecule has 80 valence electrons. The van der Waals surface area contributed by atoms with Crippen LogP contribution in [-0.4, -0.2) is 29.2 Å². The van der Waals surface area contributed by atoms with Crippen LogP contribution in [0.2, 0.25) is 0 Å². The van der Waals surface area contributed by atoms with Gasteiger partial charge in [-0.05, 0) is 25.0 Å². The Balaban J connectivity index is 2.06. The maximum Gasteiger partial charge on any atom is 0.222 e. The zero-order valence-electron chi connectivity index (χ0n) is 8.73. The molecule has 5 heteroatoms. The lowest BCUT2D eigenvalue weighted by Crippen LogP contribution is -2.19. The molecule has 1 aliphatic heterocycles. The average Bonchev–Trinajstić information content (AvgIpc) is 2.71. The molecule has 0 bridgehead atoms. The third kappa shape index (κ3) is 2.43. The Morgan fingerprint density at radius 2 is 2.07 bits per heavy atom. The zero-order valence-corrected chi connectivity index (χ0v) is 8.73. The van der Waals surface area contributed by atoms with Gasteiger partial charge in [-0.2, -0.15) is 0 Å². The lowest BCUT2D eigenvalue weighted by atomic mass is 10.4. The lowest BCUT2D eigenvalue weighted by Gasteiger charge is -2.15. The molecule has 1 saturated heterocycles. The fraction of sp³-hybridized carbons (Fsp3) is 0.500. The van der Waals surface area contributed by atoms with Crippen molar-refractivity contribution >= 4 is 17.5 Å². The molecule has 1 fully saturated rings. The predicted molar refractivity (Wildman–Crippen MR) is 57.8 cm³/mol. The van der Waals surface area contributed by atoms with E-state index in [9.17, 15) is 4.79 Å². The Morgan fingerprint density at radius 3 is 2.60 bits per heavy atom. The molecule has 2 heterocycles. The molecule has 0 spiro atoms. The first-order valence-electron chi connectivity index (χ1n) is 5.12. The highest BCUT2D eigenvalue weighted by Gasteiger charge is 2.13. The van der Waals surface area contributed by atoms with Crippen molar-refractivity contribution in [2.75, 3.05) is 23.3 Å². The van der Waals surface area contributed by atoms with Gasteiger partial charge >= 0.3 is 0 Å². The number of nitrogens with one attached hydrogen (secondary N) is 1. The van der Waals surface area contributed by atoms with Gasteiger partial charge in [0.1, 0.15) is 0 Å². The second kappa shape index (κ2) is 4.25. The minimum Gasteiger partial charge on any atom is -0.355 e. The SMILES string of the molecule is CC(=O)Nc1ccc(N2CCCC2)nn1. The molecule has 1 aliphatic rings. The van der Waals surface area contributed by atoms with Crippen LogP contribution in [0.5, 0.6) is 0 Å². The van der Waals surface area contributed by atoms with E-state index in [1.54, 1.807) is 6.07 Å². The minimum absolute atomic E-state index is 0.127. The van der Waals surface area contributed by atoms with Crippen LogP contribution < -0.4 is 10.2 Å². The maximum absolute atomic E-state index is 10.8. The molecule has 0 saturated carbocycles. The van der Waals surface area contributed by atoms with E-state index in [1.807, 2.05) is 6.07 Å². The zero-order chi connectivity index (χ0) is 10.7. The quantitative estimate of drug-likeness (QED) is 0.785. The van der Waals surface area contributed by atoms with Gasteiger partial charge in [0, 0.05) is 20.0 Å². The Hall–Kier alpha value is -1.65. The highest BCUT2D eigenvalue weighted by atomic mass is 16.1. The molecule has 1 aromatic rings. The molecule has 0 radical (unpaired) electrons. The topological polar surface area (TPSA) is 58.1 Å². The van der Waals surface area contributed by atoms with Crippen LogP contribution in [-0.2, 0) is 4.79 Å². The number of amides is 1. The number of rotatable bonds is 2. The summed E-state index contributed by atoms with van der Waals surface area (Å²) < 4.78 is 0. The van der Waals surface area contributed by atoms with Gasteiger partial charge in [0.25, 0.3) is 0 Å². The van der Waals surface area contributed by atoms with E-state index < -0.39 is 0 Å². The lowest BCUT2D eigenvalue weighted by molar-refractivity contribution is -0.114. The molecule has 0 aromatic carbocycles. The fourth-order valence-electron chi connectivity index (χ4n) is 1.69. The van der Waals surface area contributed by atoms with E-state index in [2.05, 4.69) is 20.4 Å². The van der Waals surface area contributed by atoms with Gasteiger partial charge in [0.2, 0.25) is 5.91 Å². The van der Waals surface area contributed by atoms with Crippen molar-refractivity contribution in [1.82, 2.24) is 10.2 Å². The number of anilines is 2. The summed E-state index contributed by atoms with van der Waals surface area (Å²) >= 11 is 0. The number of carbonyl (C=O) groups excluding carboxylic acids is 1. The van der Waals surface area contributed by atoms with E-state index in [4.69, 9.17) is 0 Å². The van der Waals surface area contributed by atoms with Crippen molar-refractivity contribution in [3.8, 4) is 0 Å². The Labute approximate surface area is 88.5 Å². The van der Waals surface area contributed by atoms with Crippen LogP contribution in [0.1, 0.15) is 19.8 Å². The van der Waals surface area contributed by atoms with Gasteiger partial charge in [-0.15, -0.1) is 10.2 Å². The summed E-state index contributed by atoms with van der Waals surface area (Å²) in [6.45, 7) is 3.55. The molecule has 5 nitrogen and oxygen atoms in total. The largest absolute Gasteiger partial charge is 0.355 e. The van der Waals surface area contributed by atoms with Crippen LogP contribution in [0.3, 0.4) is 0 Å². The van der Waals surface area contributed by atoms with E-state index >= 15 is 0 Å². The predicted octanol–water partition coefficient (Wildman–Crippen LogP) is 1.04. The number of carbonyl (C=O) groups is 1. The Morgan fingerprint density at radius 1 is 1.33 bits per heavy atom. The van der Waals surface area contributed by atoms with Gasteiger partial charge < -0.3 is 10.2 Å². The molecule has 1 amide bonds. The first kappa shape index (κ1) is 9.89. The van der Waals surface area contributed by atoms with Gasteiger partial charge in [0.05, 0.1) is 0 Å². The van der Waals surface area contributed by atoms with Crippen LogP contribution in [0.25, 0.3) is 0 Å². The third-order valence-electron chi connectivity index (χ3n) is 2.38. The monoisotopic (exact) mass is 206 g/mol. The summed E-state index contributed by atoms with van der Waals surface area (Å²) in [6.07, 6.45) is 2.43. The van der Waals surface area contributed by atoms with Crippen LogP contribution in [0.4, 0.5) is 11.6 Å². The van der Waals surface area contributed by atoms with E-state index in [1.165, 1.54) is 19.8 Å². The number of nitrogens with zero attached hydrogens (tertiary/aromatic N) is 3. The van der Waals surface area contributed by atoms with Crippen molar-refractivity contribution in [3.63, 3.8) is 0 Å².